The highest BCUT2D eigenvalue weighted by atomic mass is 16.5. The Morgan fingerprint density at radius 3 is 2.72 bits per heavy atom. The number of ether oxygens (including phenoxy) is 1. The monoisotopic (exact) mass is 435 g/mol. The summed E-state index contributed by atoms with van der Waals surface area (Å²) in [6.07, 6.45) is 0.459. The molecule has 0 fully saturated rings. The number of hydrazine groups is 1. The Morgan fingerprint density at radius 1 is 1.19 bits per heavy atom. The number of furan rings is 1. The molecule has 166 valence electrons. The largest absolute Gasteiger partial charge is 0.504 e. The van der Waals surface area contributed by atoms with Gasteiger partial charge in [0.2, 0.25) is 0 Å². The Labute approximate surface area is 185 Å². The van der Waals surface area contributed by atoms with Gasteiger partial charge in [-0.05, 0) is 67.8 Å². The molecule has 4 rings (SSSR count). The summed E-state index contributed by atoms with van der Waals surface area (Å²) in [5.41, 5.74) is 9.95. The van der Waals surface area contributed by atoms with Crippen LogP contribution in [0.1, 0.15) is 38.7 Å². The van der Waals surface area contributed by atoms with Crippen molar-refractivity contribution in [2.75, 3.05) is 12.5 Å². The van der Waals surface area contributed by atoms with Crippen LogP contribution in [0, 0.1) is 20.8 Å². The fraction of sp³-hybridized carbons (Fsp3) is 0.261. The molecular formula is C23H25N5O4. The van der Waals surface area contributed by atoms with Crippen molar-refractivity contribution in [3.8, 4) is 11.5 Å². The van der Waals surface area contributed by atoms with Crippen LogP contribution in [0.2, 0.25) is 0 Å². The highest BCUT2D eigenvalue weighted by Gasteiger charge is 2.15. The molecule has 32 heavy (non-hydrogen) atoms. The van der Waals surface area contributed by atoms with Gasteiger partial charge in [0.05, 0.1) is 12.8 Å². The van der Waals surface area contributed by atoms with Crippen molar-refractivity contribution in [1.82, 2.24) is 20.2 Å². The van der Waals surface area contributed by atoms with Gasteiger partial charge in [0.25, 0.3) is 0 Å². The van der Waals surface area contributed by atoms with E-state index in [-0.39, 0.29) is 11.5 Å². The van der Waals surface area contributed by atoms with E-state index in [0.717, 1.165) is 33.4 Å². The molecule has 1 aromatic carbocycles. The van der Waals surface area contributed by atoms with Crippen molar-refractivity contribution in [3.63, 3.8) is 0 Å². The second-order valence-corrected chi connectivity index (χ2v) is 7.70. The number of carbonyl (C=O) groups is 1. The topological polar surface area (TPSA) is 114 Å². The number of aromatic nitrogens is 3. The zero-order valence-corrected chi connectivity index (χ0v) is 18.6. The Morgan fingerprint density at radius 2 is 1.97 bits per heavy atom. The SMILES string of the molecule is COc1cc(Cc2ccc(C(=O)NNc3cc(C)c4c(C)nn(C)c4n3)o2)c(C)cc1O. The lowest BCUT2D eigenvalue weighted by Gasteiger charge is -2.09. The van der Waals surface area contributed by atoms with Crippen LogP contribution in [-0.2, 0) is 13.5 Å². The zero-order valence-electron chi connectivity index (χ0n) is 18.6. The Bertz CT molecular complexity index is 1320. The van der Waals surface area contributed by atoms with Crippen molar-refractivity contribution >= 4 is 22.8 Å². The van der Waals surface area contributed by atoms with Gasteiger partial charge in [0.1, 0.15) is 11.6 Å². The molecule has 3 N–H and O–H groups in total. The molecule has 0 aliphatic rings. The van der Waals surface area contributed by atoms with E-state index in [4.69, 9.17) is 9.15 Å². The van der Waals surface area contributed by atoms with Gasteiger partial charge in [-0.15, -0.1) is 0 Å². The number of pyridine rings is 1. The van der Waals surface area contributed by atoms with Crippen LogP contribution in [-0.4, -0.2) is 32.9 Å². The predicted octanol–water partition coefficient (Wildman–Crippen LogP) is 3.55. The molecule has 4 aromatic rings. The van der Waals surface area contributed by atoms with Crippen LogP contribution in [0.15, 0.2) is 34.7 Å². The molecule has 3 aromatic heterocycles. The van der Waals surface area contributed by atoms with E-state index in [2.05, 4.69) is 20.9 Å². The zero-order chi connectivity index (χ0) is 23.0. The molecule has 0 atom stereocenters. The van der Waals surface area contributed by atoms with Gasteiger partial charge >= 0.3 is 5.91 Å². The quantitative estimate of drug-likeness (QED) is 0.397. The summed E-state index contributed by atoms with van der Waals surface area (Å²) in [6.45, 7) is 5.81. The first-order valence-corrected chi connectivity index (χ1v) is 10.1. The summed E-state index contributed by atoms with van der Waals surface area (Å²) in [7, 11) is 3.33. The number of phenols is 1. The van der Waals surface area contributed by atoms with E-state index in [1.807, 2.05) is 33.9 Å². The number of benzene rings is 1. The third-order valence-electron chi connectivity index (χ3n) is 5.36. The number of nitrogens with one attached hydrogen (secondary N) is 2. The van der Waals surface area contributed by atoms with Crippen molar-refractivity contribution in [2.45, 2.75) is 27.2 Å². The van der Waals surface area contributed by atoms with Crippen LogP contribution in [0.3, 0.4) is 0 Å². The third-order valence-corrected chi connectivity index (χ3v) is 5.36. The number of fused-ring (bicyclic) bond motifs is 1. The lowest BCUT2D eigenvalue weighted by molar-refractivity contribution is 0.0933. The van der Waals surface area contributed by atoms with Gasteiger partial charge in [-0.25, -0.2) is 4.98 Å². The van der Waals surface area contributed by atoms with Crippen molar-refractivity contribution < 1.29 is 19.1 Å². The number of anilines is 1. The molecule has 1 amide bonds. The summed E-state index contributed by atoms with van der Waals surface area (Å²) >= 11 is 0. The maximum absolute atomic E-state index is 12.5. The number of hydrogen-bond donors (Lipinski definition) is 3. The van der Waals surface area contributed by atoms with Gasteiger partial charge in [0.15, 0.2) is 22.9 Å². The van der Waals surface area contributed by atoms with Crippen LogP contribution in [0.4, 0.5) is 5.82 Å². The molecule has 0 bridgehead atoms. The average Bonchev–Trinajstić information content (AvgIpc) is 3.32. The predicted molar refractivity (Wildman–Crippen MR) is 120 cm³/mol. The minimum atomic E-state index is -0.419. The fourth-order valence-corrected chi connectivity index (χ4v) is 3.76. The van der Waals surface area contributed by atoms with Gasteiger partial charge in [0, 0.05) is 18.9 Å². The second-order valence-electron chi connectivity index (χ2n) is 7.70. The van der Waals surface area contributed by atoms with Gasteiger partial charge < -0.3 is 14.3 Å². The number of phenolic OH excluding ortho intramolecular Hbond substituents is 1. The highest BCUT2D eigenvalue weighted by Crippen LogP contribution is 2.30. The number of aromatic hydroxyl groups is 1. The Balaban J connectivity index is 1.46. The minimum absolute atomic E-state index is 0.0858. The molecule has 0 aliphatic heterocycles. The number of carbonyl (C=O) groups excluding carboxylic acids is 1. The number of methoxy groups -OCH3 is 1. The first-order chi connectivity index (χ1) is 15.3. The molecule has 0 saturated carbocycles. The lowest BCUT2D eigenvalue weighted by atomic mass is 10.0. The summed E-state index contributed by atoms with van der Waals surface area (Å²) in [4.78, 5) is 17.1. The van der Waals surface area contributed by atoms with Crippen molar-refractivity contribution in [3.05, 3.63) is 64.2 Å². The van der Waals surface area contributed by atoms with Crippen LogP contribution in [0.25, 0.3) is 11.0 Å². The molecule has 9 nitrogen and oxygen atoms in total. The summed E-state index contributed by atoms with van der Waals surface area (Å²) in [5, 5.41) is 15.3. The van der Waals surface area contributed by atoms with Crippen LogP contribution in [0.5, 0.6) is 11.5 Å². The molecule has 9 heteroatoms. The minimum Gasteiger partial charge on any atom is -0.504 e. The number of amides is 1. The van der Waals surface area contributed by atoms with E-state index in [9.17, 15) is 9.90 Å². The van der Waals surface area contributed by atoms with E-state index >= 15 is 0 Å². The van der Waals surface area contributed by atoms with Gasteiger partial charge in [-0.3, -0.25) is 20.3 Å². The van der Waals surface area contributed by atoms with E-state index < -0.39 is 5.91 Å². The molecule has 0 unspecified atom stereocenters. The Kier molecular flexibility index (Phi) is 5.48. The van der Waals surface area contributed by atoms with E-state index in [1.54, 1.807) is 28.9 Å². The van der Waals surface area contributed by atoms with Crippen molar-refractivity contribution in [2.24, 2.45) is 7.05 Å². The molecular weight excluding hydrogens is 410 g/mol. The average molecular weight is 435 g/mol. The van der Waals surface area contributed by atoms with Crippen molar-refractivity contribution in [1.29, 1.82) is 0 Å². The van der Waals surface area contributed by atoms with E-state index in [0.29, 0.717) is 23.7 Å². The summed E-state index contributed by atoms with van der Waals surface area (Å²) < 4.78 is 12.6. The molecule has 0 aliphatic carbocycles. The van der Waals surface area contributed by atoms with Crippen LogP contribution < -0.4 is 15.6 Å². The normalized spacial score (nSPS) is 11.0. The summed E-state index contributed by atoms with van der Waals surface area (Å²) in [6, 6.07) is 8.63. The standard InChI is InChI=1S/C23H25N5O4/c1-12-8-17(29)19(31-5)11-15(12)10-16-6-7-18(32-16)23(30)26-25-20-9-13(2)21-14(3)27-28(4)22(21)24-20/h6-9,11,29H,10H2,1-5H3,(H,24,25)(H,26,30). The maximum atomic E-state index is 12.5. The number of nitrogens with zero attached hydrogens (tertiary/aromatic N) is 3. The number of aryl methyl sites for hydroxylation is 4. The van der Waals surface area contributed by atoms with Crippen LogP contribution >= 0.6 is 0 Å². The molecule has 0 saturated heterocycles. The number of rotatable bonds is 6. The molecule has 3 heterocycles. The van der Waals surface area contributed by atoms with E-state index in [1.165, 1.54) is 7.11 Å². The highest BCUT2D eigenvalue weighted by molar-refractivity contribution is 5.92. The lowest BCUT2D eigenvalue weighted by Crippen LogP contribution is -2.29. The summed E-state index contributed by atoms with van der Waals surface area (Å²) in [5.74, 6) is 1.35. The molecule has 0 radical (unpaired) electrons. The van der Waals surface area contributed by atoms with Gasteiger partial charge in [-0.2, -0.15) is 5.10 Å². The van der Waals surface area contributed by atoms with Gasteiger partial charge in [-0.1, -0.05) is 0 Å². The fourth-order valence-electron chi connectivity index (χ4n) is 3.76. The maximum Gasteiger partial charge on any atom is 0.305 e. The first-order valence-electron chi connectivity index (χ1n) is 10.1. The Hall–Kier alpha value is -4.01. The first kappa shape index (κ1) is 21.2. The smallest absolute Gasteiger partial charge is 0.305 e. The molecule has 0 spiro atoms. The second kappa shape index (κ2) is 8.26. The number of hydrogen-bond acceptors (Lipinski definition) is 7. The third kappa shape index (κ3) is 3.96.